The lowest BCUT2D eigenvalue weighted by Crippen LogP contribution is -2.48. The lowest BCUT2D eigenvalue weighted by Gasteiger charge is -2.23. The molecule has 32 heavy (non-hydrogen) atoms. The van der Waals surface area contributed by atoms with E-state index in [0.717, 1.165) is 36.4 Å². The van der Waals surface area contributed by atoms with Gasteiger partial charge in [0.25, 0.3) is 5.91 Å². The SMILES string of the molecule is CC(C#N)(COCc1ccc(F)cc1C(F)(F)F)NC(=O)c1ccc(OC(F)(F)F)cc1. The van der Waals surface area contributed by atoms with Gasteiger partial charge in [0.15, 0.2) is 0 Å². The van der Waals surface area contributed by atoms with Crippen LogP contribution in [0.5, 0.6) is 5.75 Å². The van der Waals surface area contributed by atoms with Crippen LogP contribution >= 0.6 is 0 Å². The normalized spacial score (nSPS) is 13.7. The minimum absolute atomic E-state index is 0.0982. The third-order valence-electron chi connectivity index (χ3n) is 4.01. The highest BCUT2D eigenvalue weighted by molar-refractivity contribution is 5.95. The van der Waals surface area contributed by atoms with Gasteiger partial charge in [0.2, 0.25) is 0 Å². The van der Waals surface area contributed by atoms with E-state index in [0.29, 0.717) is 6.07 Å². The molecule has 2 rings (SSSR count). The lowest BCUT2D eigenvalue weighted by molar-refractivity contribution is -0.274. The number of nitrogens with one attached hydrogen (secondary N) is 1. The van der Waals surface area contributed by atoms with Crippen molar-refractivity contribution >= 4 is 5.91 Å². The molecule has 1 N–H and O–H groups in total. The largest absolute Gasteiger partial charge is 0.573 e. The predicted molar refractivity (Wildman–Crippen MR) is 95.7 cm³/mol. The van der Waals surface area contributed by atoms with E-state index in [1.807, 2.05) is 0 Å². The Bertz CT molecular complexity index is 998. The summed E-state index contributed by atoms with van der Waals surface area (Å²) in [7, 11) is 0. The molecule has 12 heteroatoms. The first-order chi connectivity index (χ1) is 14.7. The van der Waals surface area contributed by atoms with Gasteiger partial charge in [-0.15, -0.1) is 13.2 Å². The van der Waals surface area contributed by atoms with Crippen molar-refractivity contribution in [1.82, 2.24) is 5.32 Å². The fourth-order valence-electron chi connectivity index (χ4n) is 2.53. The van der Waals surface area contributed by atoms with E-state index in [9.17, 15) is 40.8 Å². The zero-order chi connectivity index (χ0) is 24.2. The summed E-state index contributed by atoms with van der Waals surface area (Å²) < 4.78 is 97.7. The van der Waals surface area contributed by atoms with Gasteiger partial charge >= 0.3 is 12.5 Å². The first-order valence-corrected chi connectivity index (χ1v) is 8.75. The number of hydrogen-bond donors (Lipinski definition) is 1. The van der Waals surface area contributed by atoms with Gasteiger partial charge in [0.1, 0.15) is 17.1 Å². The first-order valence-electron chi connectivity index (χ1n) is 8.75. The van der Waals surface area contributed by atoms with Crippen molar-refractivity contribution < 1.29 is 45.0 Å². The molecule has 0 heterocycles. The summed E-state index contributed by atoms with van der Waals surface area (Å²) in [6, 6.07) is 7.64. The van der Waals surface area contributed by atoms with Gasteiger partial charge in [0.05, 0.1) is 24.8 Å². The van der Waals surface area contributed by atoms with Crippen LogP contribution in [0.2, 0.25) is 0 Å². The quantitative estimate of drug-likeness (QED) is 0.588. The summed E-state index contributed by atoms with van der Waals surface area (Å²) in [5, 5.41) is 11.6. The summed E-state index contributed by atoms with van der Waals surface area (Å²) in [5.74, 6) is -2.48. The van der Waals surface area contributed by atoms with Gasteiger partial charge in [-0.2, -0.15) is 18.4 Å². The van der Waals surface area contributed by atoms with E-state index >= 15 is 0 Å². The van der Waals surface area contributed by atoms with Gasteiger partial charge in [0, 0.05) is 5.56 Å². The average Bonchev–Trinajstić information content (AvgIpc) is 2.67. The molecule has 1 unspecified atom stereocenters. The Labute approximate surface area is 177 Å². The molecule has 0 aromatic heterocycles. The number of rotatable bonds is 7. The number of alkyl halides is 6. The highest BCUT2D eigenvalue weighted by atomic mass is 19.4. The molecule has 2 aromatic rings. The van der Waals surface area contributed by atoms with Crippen LogP contribution < -0.4 is 10.1 Å². The Balaban J connectivity index is 2.03. The van der Waals surface area contributed by atoms with Gasteiger partial charge in [-0.05, 0) is 48.9 Å². The van der Waals surface area contributed by atoms with E-state index in [1.165, 1.54) is 6.92 Å². The van der Waals surface area contributed by atoms with E-state index in [2.05, 4.69) is 10.1 Å². The second kappa shape index (κ2) is 9.44. The summed E-state index contributed by atoms with van der Waals surface area (Å²) in [6.07, 6.45) is -9.73. The Morgan fingerprint density at radius 2 is 1.69 bits per heavy atom. The van der Waals surface area contributed by atoms with Crippen molar-refractivity contribution in [1.29, 1.82) is 5.26 Å². The maximum absolute atomic E-state index is 13.2. The molecular weight excluding hydrogens is 449 g/mol. The number of nitrogens with zero attached hydrogens (tertiary/aromatic N) is 1. The molecule has 0 fully saturated rings. The van der Waals surface area contributed by atoms with E-state index in [4.69, 9.17) is 4.74 Å². The second-order valence-electron chi connectivity index (χ2n) is 6.76. The molecule has 0 bridgehead atoms. The van der Waals surface area contributed by atoms with Crippen molar-refractivity contribution in [3.05, 3.63) is 65.0 Å². The number of ether oxygens (including phenoxy) is 2. The van der Waals surface area contributed by atoms with Crippen LogP contribution in [0.25, 0.3) is 0 Å². The van der Waals surface area contributed by atoms with E-state index < -0.39 is 54.3 Å². The molecule has 0 saturated heterocycles. The average molecular weight is 464 g/mol. The Kier molecular flexibility index (Phi) is 7.35. The fraction of sp³-hybridized carbons (Fsp3) is 0.300. The molecule has 0 spiro atoms. The van der Waals surface area contributed by atoms with Crippen molar-refractivity contribution in [2.45, 2.75) is 31.6 Å². The second-order valence-corrected chi connectivity index (χ2v) is 6.76. The van der Waals surface area contributed by atoms with Gasteiger partial charge in [-0.3, -0.25) is 4.79 Å². The number of carbonyl (C=O) groups is 1. The van der Waals surface area contributed by atoms with Crippen LogP contribution in [0.1, 0.15) is 28.4 Å². The topological polar surface area (TPSA) is 71.3 Å². The van der Waals surface area contributed by atoms with E-state index in [-0.39, 0.29) is 11.1 Å². The monoisotopic (exact) mass is 464 g/mol. The number of amides is 1. The zero-order valence-electron chi connectivity index (χ0n) is 16.3. The number of carbonyl (C=O) groups excluding carboxylic acids is 1. The smallest absolute Gasteiger partial charge is 0.406 e. The van der Waals surface area contributed by atoms with Crippen molar-refractivity contribution in [2.24, 2.45) is 0 Å². The summed E-state index contributed by atoms with van der Waals surface area (Å²) in [5.41, 5.74) is -3.39. The van der Waals surface area contributed by atoms with Crippen molar-refractivity contribution in [2.75, 3.05) is 6.61 Å². The van der Waals surface area contributed by atoms with Crippen LogP contribution in [0, 0.1) is 17.1 Å². The van der Waals surface area contributed by atoms with Crippen LogP contribution in [-0.2, 0) is 17.5 Å². The fourth-order valence-corrected chi connectivity index (χ4v) is 2.53. The number of halogens is 7. The molecule has 2 aromatic carbocycles. The molecule has 172 valence electrons. The standard InChI is InChI=1S/C20H15F7N2O3/c1-18(10-28,11-31-9-13-2-5-14(21)8-16(13)19(22,23)24)29-17(30)12-3-6-15(7-4-12)32-20(25,26)27/h2-8H,9,11H2,1H3,(H,29,30). The highest BCUT2D eigenvalue weighted by Crippen LogP contribution is 2.33. The molecular formula is C20H15F7N2O3. The summed E-state index contributed by atoms with van der Waals surface area (Å²) >= 11 is 0. The minimum Gasteiger partial charge on any atom is -0.406 e. The molecule has 1 amide bonds. The summed E-state index contributed by atoms with van der Waals surface area (Å²) in [6.45, 7) is 0.0896. The Morgan fingerprint density at radius 3 is 2.22 bits per heavy atom. The highest BCUT2D eigenvalue weighted by Gasteiger charge is 2.34. The van der Waals surface area contributed by atoms with Crippen molar-refractivity contribution in [3.63, 3.8) is 0 Å². The molecule has 0 saturated carbocycles. The van der Waals surface area contributed by atoms with Crippen LogP contribution in [-0.4, -0.2) is 24.4 Å². The Hall–Kier alpha value is -3.33. The predicted octanol–water partition coefficient (Wildman–Crippen LogP) is 4.97. The van der Waals surface area contributed by atoms with Gasteiger partial charge < -0.3 is 14.8 Å². The zero-order valence-corrected chi connectivity index (χ0v) is 16.3. The molecule has 5 nitrogen and oxygen atoms in total. The van der Waals surface area contributed by atoms with Crippen molar-refractivity contribution in [3.8, 4) is 11.8 Å². The van der Waals surface area contributed by atoms with Crippen LogP contribution in [0.3, 0.4) is 0 Å². The third-order valence-corrected chi connectivity index (χ3v) is 4.01. The summed E-state index contributed by atoms with van der Waals surface area (Å²) in [4.78, 5) is 12.3. The maximum atomic E-state index is 13.2. The number of nitriles is 1. The van der Waals surface area contributed by atoms with Crippen LogP contribution in [0.4, 0.5) is 30.7 Å². The molecule has 0 aliphatic carbocycles. The number of hydrogen-bond acceptors (Lipinski definition) is 4. The number of benzene rings is 2. The lowest BCUT2D eigenvalue weighted by atomic mass is 10.0. The van der Waals surface area contributed by atoms with Crippen LogP contribution in [0.15, 0.2) is 42.5 Å². The molecule has 0 radical (unpaired) electrons. The first kappa shape index (κ1) is 24.9. The third kappa shape index (κ3) is 7.12. The molecule has 1 atom stereocenters. The minimum atomic E-state index is -4.91. The van der Waals surface area contributed by atoms with E-state index in [1.54, 1.807) is 6.07 Å². The van der Waals surface area contributed by atoms with Gasteiger partial charge in [-0.1, -0.05) is 6.07 Å². The molecule has 0 aliphatic heterocycles. The maximum Gasteiger partial charge on any atom is 0.573 e. The Morgan fingerprint density at radius 1 is 1.06 bits per heavy atom. The molecule has 0 aliphatic rings. The van der Waals surface area contributed by atoms with Gasteiger partial charge in [-0.25, -0.2) is 4.39 Å².